The van der Waals surface area contributed by atoms with Crippen molar-refractivity contribution in [2.75, 3.05) is 31.0 Å². The second kappa shape index (κ2) is 7.94. The number of hydrogen-bond donors (Lipinski definition) is 2. The van der Waals surface area contributed by atoms with Crippen molar-refractivity contribution in [2.45, 2.75) is 12.5 Å². The Morgan fingerprint density at radius 1 is 1.15 bits per heavy atom. The Balaban J connectivity index is 1.65. The van der Waals surface area contributed by atoms with Crippen LogP contribution in [0.3, 0.4) is 0 Å². The number of anilines is 2. The second-order valence-electron chi connectivity index (χ2n) is 5.97. The first-order valence-corrected chi connectivity index (χ1v) is 8.38. The van der Waals surface area contributed by atoms with Gasteiger partial charge >= 0.3 is 6.03 Å². The van der Waals surface area contributed by atoms with Crippen LogP contribution < -0.4 is 25.0 Å². The zero-order valence-corrected chi connectivity index (χ0v) is 15.0. The predicted molar refractivity (Wildman–Crippen MR) is 98.9 cm³/mol. The van der Waals surface area contributed by atoms with Crippen LogP contribution in [0.1, 0.15) is 6.42 Å². The summed E-state index contributed by atoms with van der Waals surface area (Å²) in [4.78, 5) is 26.4. The summed E-state index contributed by atoms with van der Waals surface area (Å²) in [5.74, 6) is 0.420. The van der Waals surface area contributed by atoms with E-state index in [4.69, 9.17) is 9.47 Å². The van der Waals surface area contributed by atoms with Crippen LogP contribution in [0.15, 0.2) is 42.5 Å². The lowest BCUT2D eigenvalue weighted by molar-refractivity contribution is -0.118. The van der Waals surface area contributed by atoms with Crippen molar-refractivity contribution in [2.24, 2.45) is 0 Å². The molecule has 1 atom stereocenters. The van der Waals surface area contributed by atoms with E-state index in [0.29, 0.717) is 35.8 Å². The first-order valence-electron chi connectivity index (χ1n) is 8.38. The number of nitrogens with zero attached hydrogens (tertiary/aromatic N) is 1. The van der Waals surface area contributed by atoms with E-state index in [1.54, 1.807) is 18.2 Å². The third-order valence-corrected chi connectivity index (χ3v) is 4.30. The minimum absolute atomic E-state index is 0.241. The molecule has 0 spiro atoms. The van der Waals surface area contributed by atoms with Crippen molar-refractivity contribution in [3.63, 3.8) is 0 Å². The number of halogens is 1. The summed E-state index contributed by atoms with van der Waals surface area (Å²) in [6.45, 7) is 0.442. The number of methoxy groups -OCH3 is 2. The highest BCUT2D eigenvalue weighted by molar-refractivity contribution is 6.02. The molecule has 0 saturated carbocycles. The average Bonchev–Trinajstić information content (AvgIpc) is 3.02. The third kappa shape index (κ3) is 4.11. The molecule has 8 heteroatoms. The molecule has 1 saturated heterocycles. The number of hydrogen-bond acceptors (Lipinski definition) is 4. The van der Waals surface area contributed by atoms with Gasteiger partial charge in [0.05, 0.1) is 19.9 Å². The van der Waals surface area contributed by atoms with Crippen LogP contribution in [0, 0.1) is 5.82 Å². The molecule has 1 aliphatic heterocycles. The normalized spacial score (nSPS) is 16.2. The van der Waals surface area contributed by atoms with E-state index in [1.165, 1.54) is 43.4 Å². The van der Waals surface area contributed by atoms with Crippen LogP contribution >= 0.6 is 0 Å². The molecule has 1 fully saturated rings. The molecule has 2 N–H and O–H groups in total. The third-order valence-electron chi connectivity index (χ3n) is 4.30. The Morgan fingerprint density at radius 3 is 2.56 bits per heavy atom. The van der Waals surface area contributed by atoms with Crippen LogP contribution in [-0.4, -0.2) is 38.7 Å². The Kier molecular flexibility index (Phi) is 5.44. The highest BCUT2D eigenvalue weighted by Gasteiger charge is 2.33. The molecule has 142 valence electrons. The minimum Gasteiger partial charge on any atom is -0.497 e. The van der Waals surface area contributed by atoms with Gasteiger partial charge in [-0.15, -0.1) is 0 Å². The number of benzene rings is 2. The van der Waals surface area contributed by atoms with Gasteiger partial charge < -0.3 is 25.0 Å². The summed E-state index contributed by atoms with van der Waals surface area (Å²) in [7, 11) is 3.01. The van der Waals surface area contributed by atoms with Crippen LogP contribution in [0.5, 0.6) is 11.5 Å². The standard InChI is InChI=1S/C19H20FN3O4/c1-26-14-7-8-17(27-2)16(11-14)22-19(25)21-15-9-10-23(18(15)24)13-5-3-12(20)4-6-13/h3-8,11,15H,9-10H2,1-2H3,(H2,21,22,25). The summed E-state index contributed by atoms with van der Waals surface area (Å²) in [6.07, 6.45) is 0.457. The lowest BCUT2D eigenvalue weighted by Gasteiger charge is -2.18. The zero-order chi connectivity index (χ0) is 19.4. The van der Waals surface area contributed by atoms with Gasteiger partial charge in [0.2, 0.25) is 5.91 Å². The molecule has 2 aromatic rings. The van der Waals surface area contributed by atoms with Crippen LogP contribution in [-0.2, 0) is 4.79 Å². The van der Waals surface area contributed by atoms with E-state index in [0.717, 1.165) is 0 Å². The highest BCUT2D eigenvalue weighted by Crippen LogP contribution is 2.29. The predicted octanol–water partition coefficient (Wildman–Crippen LogP) is 2.77. The summed E-state index contributed by atoms with van der Waals surface area (Å²) in [6, 6.07) is 9.49. The number of amides is 3. The Bertz CT molecular complexity index is 841. The molecule has 1 aliphatic rings. The first-order chi connectivity index (χ1) is 13.0. The average molecular weight is 373 g/mol. The SMILES string of the molecule is COc1ccc(OC)c(NC(=O)NC2CCN(c3ccc(F)cc3)C2=O)c1. The lowest BCUT2D eigenvalue weighted by Crippen LogP contribution is -2.43. The van der Waals surface area contributed by atoms with Gasteiger partial charge in [-0.3, -0.25) is 4.79 Å². The topological polar surface area (TPSA) is 79.9 Å². The maximum absolute atomic E-state index is 13.1. The molecule has 0 radical (unpaired) electrons. The van der Waals surface area contributed by atoms with Gasteiger partial charge in [0.1, 0.15) is 23.4 Å². The number of urea groups is 1. The summed E-state index contributed by atoms with van der Waals surface area (Å²) in [5, 5.41) is 5.34. The number of nitrogens with one attached hydrogen (secondary N) is 2. The second-order valence-corrected chi connectivity index (χ2v) is 5.97. The first kappa shape index (κ1) is 18.5. The zero-order valence-electron chi connectivity index (χ0n) is 15.0. The molecule has 0 bridgehead atoms. The van der Waals surface area contributed by atoms with Crippen LogP contribution in [0.25, 0.3) is 0 Å². The van der Waals surface area contributed by atoms with Gasteiger partial charge in [0.15, 0.2) is 0 Å². The van der Waals surface area contributed by atoms with Gasteiger partial charge in [-0.2, -0.15) is 0 Å². The van der Waals surface area contributed by atoms with E-state index in [1.807, 2.05) is 0 Å². The summed E-state index contributed by atoms with van der Waals surface area (Å²) < 4.78 is 23.4. The minimum atomic E-state index is -0.661. The summed E-state index contributed by atoms with van der Waals surface area (Å²) in [5.41, 5.74) is 1.02. The molecule has 7 nitrogen and oxygen atoms in total. The molecule has 0 aromatic heterocycles. The molecule has 1 unspecified atom stereocenters. The maximum Gasteiger partial charge on any atom is 0.319 e. The maximum atomic E-state index is 13.1. The molecule has 27 heavy (non-hydrogen) atoms. The lowest BCUT2D eigenvalue weighted by atomic mass is 10.2. The molecule has 3 amide bonds. The smallest absolute Gasteiger partial charge is 0.319 e. The van der Waals surface area contributed by atoms with E-state index in [-0.39, 0.29) is 11.7 Å². The number of carbonyl (C=O) groups excluding carboxylic acids is 2. The van der Waals surface area contributed by atoms with Crippen LogP contribution in [0.2, 0.25) is 0 Å². The molecular weight excluding hydrogens is 353 g/mol. The fourth-order valence-electron chi connectivity index (χ4n) is 2.92. The van der Waals surface area contributed by atoms with Crippen molar-refractivity contribution >= 4 is 23.3 Å². The fraction of sp³-hybridized carbons (Fsp3) is 0.263. The van der Waals surface area contributed by atoms with Crippen molar-refractivity contribution < 1.29 is 23.5 Å². The molecule has 3 rings (SSSR count). The van der Waals surface area contributed by atoms with Gasteiger partial charge in [0.25, 0.3) is 0 Å². The van der Waals surface area contributed by atoms with E-state index in [9.17, 15) is 14.0 Å². The van der Waals surface area contributed by atoms with Crippen molar-refractivity contribution in [3.8, 4) is 11.5 Å². The number of carbonyl (C=O) groups is 2. The summed E-state index contributed by atoms with van der Waals surface area (Å²) >= 11 is 0. The Labute approximate surface area is 156 Å². The Hall–Kier alpha value is -3.29. The molecule has 0 aliphatic carbocycles. The highest BCUT2D eigenvalue weighted by atomic mass is 19.1. The van der Waals surface area contributed by atoms with Gasteiger partial charge in [-0.1, -0.05) is 0 Å². The number of rotatable bonds is 5. The number of ether oxygens (including phenoxy) is 2. The van der Waals surface area contributed by atoms with E-state index in [2.05, 4.69) is 10.6 Å². The molecule has 1 heterocycles. The van der Waals surface area contributed by atoms with Crippen molar-refractivity contribution in [3.05, 3.63) is 48.3 Å². The van der Waals surface area contributed by atoms with Crippen LogP contribution in [0.4, 0.5) is 20.6 Å². The van der Waals surface area contributed by atoms with Crippen molar-refractivity contribution in [1.29, 1.82) is 0 Å². The Morgan fingerprint density at radius 2 is 1.89 bits per heavy atom. The molecule has 2 aromatic carbocycles. The fourth-order valence-corrected chi connectivity index (χ4v) is 2.92. The quantitative estimate of drug-likeness (QED) is 0.845. The van der Waals surface area contributed by atoms with E-state index < -0.39 is 12.1 Å². The van der Waals surface area contributed by atoms with Gasteiger partial charge in [-0.25, -0.2) is 9.18 Å². The molecular formula is C19H20FN3O4. The van der Waals surface area contributed by atoms with Gasteiger partial charge in [-0.05, 0) is 42.8 Å². The van der Waals surface area contributed by atoms with Gasteiger partial charge in [0, 0.05) is 18.3 Å². The monoisotopic (exact) mass is 373 g/mol. The van der Waals surface area contributed by atoms with E-state index >= 15 is 0 Å². The largest absolute Gasteiger partial charge is 0.497 e. The van der Waals surface area contributed by atoms with Crippen molar-refractivity contribution in [1.82, 2.24) is 5.32 Å².